The minimum atomic E-state index is 0.287. The summed E-state index contributed by atoms with van der Waals surface area (Å²) >= 11 is 0. The fourth-order valence-electron chi connectivity index (χ4n) is 1.31. The lowest BCUT2D eigenvalue weighted by molar-refractivity contribution is 0.112. The summed E-state index contributed by atoms with van der Waals surface area (Å²) in [6, 6.07) is 0.287. The maximum absolute atomic E-state index is 5.92. The molecule has 2 N–H and O–H groups in total. The van der Waals surface area contributed by atoms with Crippen molar-refractivity contribution in [1.29, 1.82) is 0 Å². The third-order valence-corrected chi connectivity index (χ3v) is 2.24. The first-order valence-corrected chi connectivity index (χ1v) is 4.38. The lowest BCUT2D eigenvalue weighted by Crippen LogP contribution is -2.35. The number of ether oxygens (including phenoxy) is 1. The standard InChI is InChI=1S/C9H21NO/c1-5-9(10)8(6-11-4)7(2)3/h7-9H,5-6,10H2,1-4H3. The fraction of sp³-hybridized carbons (Fsp3) is 1.00. The normalized spacial score (nSPS) is 16.9. The highest BCUT2D eigenvalue weighted by Crippen LogP contribution is 2.16. The first-order chi connectivity index (χ1) is 5.13. The zero-order valence-electron chi connectivity index (χ0n) is 8.13. The summed E-state index contributed by atoms with van der Waals surface area (Å²) in [6.07, 6.45) is 1.03. The zero-order chi connectivity index (χ0) is 8.85. The highest BCUT2D eigenvalue weighted by molar-refractivity contribution is 4.73. The van der Waals surface area contributed by atoms with Crippen molar-refractivity contribution in [2.75, 3.05) is 13.7 Å². The molecule has 68 valence electrons. The predicted molar refractivity (Wildman–Crippen MR) is 48.5 cm³/mol. The molecule has 0 rings (SSSR count). The average molecular weight is 159 g/mol. The second-order valence-electron chi connectivity index (χ2n) is 3.44. The SMILES string of the molecule is CCC(N)C(COC)C(C)C. The van der Waals surface area contributed by atoms with Crippen LogP contribution in [-0.4, -0.2) is 19.8 Å². The molecular weight excluding hydrogens is 138 g/mol. The molecule has 2 atom stereocenters. The third-order valence-electron chi connectivity index (χ3n) is 2.24. The lowest BCUT2D eigenvalue weighted by atomic mass is 9.88. The monoisotopic (exact) mass is 159 g/mol. The van der Waals surface area contributed by atoms with Crippen molar-refractivity contribution in [2.24, 2.45) is 17.6 Å². The van der Waals surface area contributed by atoms with Crippen molar-refractivity contribution in [3.05, 3.63) is 0 Å². The van der Waals surface area contributed by atoms with Gasteiger partial charge in [0.05, 0.1) is 6.61 Å². The molecule has 11 heavy (non-hydrogen) atoms. The molecule has 0 aromatic carbocycles. The van der Waals surface area contributed by atoms with Crippen LogP contribution in [0.3, 0.4) is 0 Å². The minimum Gasteiger partial charge on any atom is -0.384 e. The highest BCUT2D eigenvalue weighted by Gasteiger charge is 2.19. The zero-order valence-corrected chi connectivity index (χ0v) is 8.13. The Bertz CT molecular complexity index is 93.6. The van der Waals surface area contributed by atoms with Crippen molar-refractivity contribution in [3.8, 4) is 0 Å². The van der Waals surface area contributed by atoms with Gasteiger partial charge in [-0.05, 0) is 18.3 Å². The van der Waals surface area contributed by atoms with Crippen molar-refractivity contribution in [2.45, 2.75) is 33.2 Å². The van der Waals surface area contributed by atoms with Crippen LogP contribution in [0.1, 0.15) is 27.2 Å². The smallest absolute Gasteiger partial charge is 0.0507 e. The molecule has 0 aromatic rings. The maximum Gasteiger partial charge on any atom is 0.0507 e. The largest absolute Gasteiger partial charge is 0.384 e. The topological polar surface area (TPSA) is 35.2 Å². The molecule has 0 saturated heterocycles. The molecule has 2 nitrogen and oxygen atoms in total. The van der Waals surface area contributed by atoms with E-state index in [1.54, 1.807) is 7.11 Å². The van der Waals surface area contributed by atoms with Crippen LogP contribution in [0.4, 0.5) is 0 Å². The van der Waals surface area contributed by atoms with Crippen LogP contribution >= 0.6 is 0 Å². The van der Waals surface area contributed by atoms with Gasteiger partial charge in [0, 0.05) is 13.2 Å². The van der Waals surface area contributed by atoms with E-state index >= 15 is 0 Å². The van der Waals surface area contributed by atoms with Gasteiger partial charge in [-0.3, -0.25) is 0 Å². The van der Waals surface area contributed by atoms with Gasteiger partial charge in [0.25, 0.3) is 0 Å². The number of rotatable bonds is 5. The molecule has 0 aliphatic carbocycles. The summed E-state index contributed by atoms with van der Waals surface area (Å²) < 4.78 is 5.11. The highest BCUT2D eigenvalue weighted by atomic mass is 16.5. The van der Waals surface area contributed by atoms with Crippen LogP contribution in [0.5, 0.6) is 0 Å². The summed E-state index contributed by atoms with van der Waals surface area (Å²) in [4.78, 5) is 0. The molecule has 0 spiro atoms. The van der Waals surface area contributed by atoms with E-state index in [-0.39, 0.29) is 6.04 Å². The van der Waals surface area contributed by atoms with Gasteiger partial charge < -0.3 is 10.5 Å². The molecule has 0 aliphatic heterocycles. The Balaban J connectivity index is 3.87. The minimum absolute atomic E-state index is 0.287. The molecular formula is C9H21NO. The van der Waals surface area contributed by atoms with Crippen LogP contribution in [-0.2, 0) is 4.74 Å². The number of methoxy groups -OCH3 is 1. The van der Waals surface area contributed by atoms with E-state index in [9.17, 15) is 0 Å². The molecule has 0 aliphatic rings. The van der Waals surface area contributed by atoms with E-state index in [0.717, 1.165) is 13.0 Å². The van der Waals surface area contributed by atoms with E-state index in [0.29, 0.717) is 11.8 Å². The Labute approximate surface area is 70.1 Å². The molecule has 2 heteroatoms. The molecule has 0 radical (unpaired) electrons. The molecule has 0 bridgehead atoms. The van der Waals surface area contributed by atoms with Gasteiger partial charge in [-0.1, -0.05) is 20.8 Å². The van der Waals surface area contributed by atoms with Crippen molar-refractivity contribution in [3.63, 3.8) is 0 Å². The van der Waals surface area contributed by atoms with Crippen LogP contribution in [0.15, 0.2) is 0 Å². The molecule has 0 aromatic heterocycles. The predicted octanol–water partition coefficient (Wildman–Crippen LogP) is 1.64. The lowest BCUT2D eigenvalue weighted by Gasteiger charge is -2.25. The summed E-state index contributed by atoms with van der Waals surface area (Å²) in [6.45, 7) is 7.29. The van der Waals surface area contributed by atoms with Gasteiger partial charge in [-0.15, -0.1) is 0 Å². The Morgan fingerprint density at radius 2 is 1.91 bits per heavy atom. The Hall–Kier alpha value is -0.0800. The molecule has 0 heterocycles. The number of hydrogen-bond donors (Lipinski definition) is 1. The summed E-state index contributed by atoms with van der Waals surface area (Å²) in [5, 5.41) is 0. The maximum atomic E-state index is 5.92. The van der Waals surface area contributed by atoms with Crippen LogP contribution in [0.25, 0.3) is 0 Å². The quantitative estimate of drug-likeness (QED) is 0.662. The van der Waals surface area contributed by atoms with Crippen molar-refractivity contribution >= 4 is 0 Å². The Kier molecular flexibility index (Phi) is 5.51. The van der Waals surface area contributed by atoms with E-state index in [1.807, 2.05) is 0 Å². The van der Waals surface area contributed by atoms with Crippen molar-refractivity contribution in [1.82, 2.24) is 0 Å². The van der Waals surface area contributed by atoms with Crippen LogP contribution in [0.2, 0.25) is 0 Å². The summed E-state index contributed by atoms with van der Waals surface area (Å²) in [5.74, 6) is 1.12. The van der Waals surface area contributed by atoms with E-state index < -0.39 is 0 Å². The fourth-order valence-corrected chi connectivity index (χ4v) is 1.31. The number of hydrogen-bond acceptors (Lipinski definition) is 2. The number of nitrogens with two attached hydrogens (primary N) is 1. The van der Waals surface area contributed by atoms with Gasteiger partial charge in [0.1, 0.15) is 0 Å². The van der Waals surface area contributed by atoms with Gasteiger partial charge in [-0.25, -0.2) is 0 Å². The third kappa shape index (κ3) is 3.73. The second kappa shape index (κ2) is 5.56. The van der Waals surface area contributed by atoms with Gasteiger partial charge in [0.2, 0.25) is 0 Å². The Morgan fingerprint density at radius 3 is 2.18 bits per heavy atom. The second-order valence-corrected chi connectivity index (χ2v) is 3.44. The van der Waals surface area contributed by atoms with Crippen molar-refractivity contribution < 1.29 is 4.74 Å². The summed E-state index contributed by atoms with van der Waals surface area (Å²) in [7, 11) is 1.73. The van der Waals surface area contributed by atoms with E-state index in [1.165, 1.54) is 0 Å². The van der Waals surface area contributed by atoms with Crippen LogP contribution in [0, 0.1) is 11.8 Å². The van der Waals surface area contributed by atoms with Gasteiger partial charge in [-0.2, -0.15) is 0 Å². The van der Waals surface area contributed by atoms with E-state index in [4.69, 9.17) is 10.5 Å². The molecule has 0 amide bonds. The molecule has 0 saturated carbocycles. The van der Waals surface area contributed by atoms with Crippen LogP contribution < -0.4 is 5.73 Å². The Morgan fingerprint density at radius 1 is 1.36 bits per heavy atom. The van der Waals surface area contributed by atoms with Gasteiger partial charge in [0.15, 0.2) is 0 Å². The molecule has 2 unspecified atom stereocenters. The molecule has 0 fully saturated rings. The first-order valence-electron chi connectivity index (χ1n) is 4.38. The van der Waals surface area contributed by atoms with E-state index in [2.05, 4.69) is 20.8 Å². The average Bonchev–Trinajstić information content (AvgIpc) is 1.98. The summed E-state index contributed by atoms with van der Waals surface area (Å²) in [5.41, 5.74) is 5.92. The van der Waals surface area contributed by atoms with Gasteiger partial charge >= 0.3 is 0 Å². The first kappa shape index (κ1) is 10.9.